The number of benzene rings is 3. The molecule has 3 aromatic rings. The van der Waals surface area contributed by atoms with Crippen molar-refractivity contribution in [1.82, 2.24) is 0 Å². The fraction of sp³-hybridized carbons (Fsp3) is 0.368. The minimum Gasteiger partial charge on any atom is -0.478 e. The molecule has 0 unspecified atom stereocenters. The van der Waals surface area contributed by atoms with Crippen molar-refractivity contribution in [3.63, 3.8) is 0 Å². The lowest BCUT2D eigenvalue weighted by atomic mass is 9.77. The Balaban J connectivity index is 1.48. The zero-order valence-corrected chi connectivity index (χ0v) is 26.9. The summed E-state index contributed by atoms with van der Waals surface area (Å²) in [6.45, 7) is 11.7. The van der Waals surface area contributed by atoms with E-state index in [9.17, 15) is 14.7 Å². The second-order valence-corrected chi connectivity index (χ2v) is 17.8. The van der Waals surface area contributed by atoms with E-state index in [1.54, 1.807) is 6.07 Å². The highest BCUT2D eigenvalue weighted by molar-refractivity contribution is 7.03. The number of esters is 1. The molecule has 1 saturated heterocycles. The van der Waals surface area contributed by atoms with E-state index in [4.69, 9.17) is 4.74 Å². The molecule has 6 nitrogen and oxygen atoms in total. The first-order chi connectivity index (χ1) is 21.9. The second-order valence-electron chi connectivity index (χ2n) is 13.5. The third-order valence-electron chi connectivity index (χ3n) is 11.2. The average molecular weight is 617 g/mol. The smallest absolute Gasteiger partial charge is 0.340 e. The van der Waals surface area contributed by atoms with E-state index in [-0.39, 0.29) is 5.56 Å². The molecular weight excluding hydrogens is 577 g/mol. The first-order valence-corrected chi connectivity index (χ1v) is 19.0. The van der Waals surface area contributed by atoms with Crippen LogP contribution in [0.1, 0.15) is 80.6 Å². The molecular formula is C38H40N2O4Si. The third kappa shape index (κ3) is 3.99. The van der Waals surface area contributed by atoms with Gasteiger partial charge in [-0.05, 0) is 95.7 Å². The number of carboxylic acid groups (broad SMARTS) is 1. The molecule has 8 rings (SSSR count). The van der Waals surface area contributed by atoms with Crippen molar-refractivity contribution in [2.45, 2.75) is 62.6 Å². The van der Waals surface area contributed by atoms with Gasteiger partial charge in [-0.3, -0.25) is 0 Å². The number of hydrogen-bond acceptors (Lipinski definition) is 5. The highest BCUT2D eigenvalue weighted by atomic mass is 28.3. The van der Waals surface area contributed by atoms with Crippen molar-refractivity contribution in [3.05, 3.63) is 107 Å². The van der Waals surface area contributed by atoms with Crippen LogP contribution in [0.4, 0.5) is 11.4 Å². The first kappa shape index (κ1) is 28.4. The van der Waals surface area contributed by atoms with Crippen molar-refractivity contribution in [1.29, 1.82) is 0 Å². The van der Waals surface area contributed by atoms with Gasteiger partial charge in [0.05, 0.1) is 11.1 Å². The van der Waals surface area contributed by atoms with E-state index in [1.165, 1.54) is 70.3 Å². The maximum atomic E-state index is 13.9. The van der Waals surface area contributed by atoms with Crippen LogP contribution >= 0.6 is 0 Å². The molecule has 1 fully saturated rings. The quantitative estimate of drug-likeness (QED) is 0.223. The molecule has 3 aromatic carbocycles. The lowest BCUT2D eigenvalue weighted by Gasteiger charge is -2.50. The summed E-state index contributed by atoms with van der Waals surface area (Å²) in [4.78, 5) is 30.8. The molecule has 0 aromatic heterocycles. The highest BCUT2D eigenvalue weighted by Crippen LogP contribution is 2.52. The van der Waals surface area contributed by atoms with E-state index in [0.29, 0.717) is 5.56 Å². The number of fused-ring (bicyclic) bond motifs is 10. The number of nitrogens with zero attached hydrogens (tertiary/aromatic N) is 2. The zero-order valence-electron chi connectivity index (χ0n) is 25.9. The normalized spacial score (nSPS) is 20.0. The van der Waals surface area contributed by atoms with E-state index in [0.717, 1.165) is 68.6 Å². The molecule has 0 bridgehead atoms. The molecule has 7 heteroatoms. The third-order valence-corrected chi connectivity index (χ3v) is 16.5. The van der Waals surface area contributed by atoms with Crippen LogP contribution < -0.4 is 20.2 Å². The van der Waals surface area contributed by atoms with Gasteiger partial charge in [0.25, 0.3) is 0 Å². The van der Waals surface area contributed by atoms with E-state index in [2.05, 4.69) is 47.2 Å². The second kappa shape index (κ2) is 10.5. The van der Waals surface area contributed by atoms with Gasteiger partial charge in [0.1, 0.15) is 8.07 Å². The lowest BCUT2D eigenvalue weighted by Crippen LogP contribution is -2.67. The van der Waals surface area contributed by atoms with Crippen LogP contribution in [0.25, 0.3) is 0 Å². The predicted octanol–water partition coefficient (Wildman–Crippen LogP) is 5.78. The zero-order chi connectivity index (χ0) is 30.9. The van der Waals surface area contributed by atoms with Crippen molar-refractivity contribution < 1.29 is 19.4 Å². The van der Waals surface area contributed by atoms with Crippen LogP contribution in [0.15, 0.2) is 67.8 Å². The van der Waals surface area contributed by atoms with Gasteiger partial charge in [-0.2, -0.15) is 0 Å². The molecule has 45 heavy (non-hydrogen) atoms. The summed E-state index contributed by atoms with van der Waals surface area (Å²) in [7, 11) is -2.29. The van der Waals surface area contributed by atoms with Crippen molar-refractivity contribution in [2.75, 3.05) is 36.0 Å². The number of aromatic carboxylic acids is 1. The molecule has 5 aliphatic heterocycles. The summed E-state index contributed by atoms with van der Waals surface area (Å²) in [6, 6.07) is 17.1. The summed E-state index contributed by atoms with van der Waals surface area (Å²) in [5, 5.41) is 12.6. The lowest BCUT2D eigenvalue weighted by molar-refractivity contribution is 0.0254. The Morgan fingerprint density at radius 3 is 1.93 bits per heavy atom. The molecule has 2 spiro atoms. The standard InChI is InChI=1S/C38H40N2O4Si/c1-3-14-39-16-8-10-25-21-30-34(23-32(25)39)45(18-6-5-7-19-45)35-24-33-26(11-9-17-40(33)15-4-2)22-31(35)38(30)29-13-12-27(36(41)42)20-28(29)37(43)44-38/h3-4,12-13,20-24H,1-2,5-11,14-19H2,(H,41,42). The Morgan fingerprint density at radius 1 is 0.822 bits per heavy atom. The maximum Gasteiger partial charge on any atom is 0.340 e. The van der Waals surface area contributed by atoms with Crippen LogP contribution in [0.2, 0.25) is 12.1 Å². The summed E-state index contributed by atoms with van der Waals surface area (Å²) >= 11 is 0. The van der Waals surface area contributed by atoms with Gasteiger partial charge >= 0.3 is 11.9 Å². The van der Waals surface area contributed by atoms with Gasteiger partial charge in [0.2, 0.25) is 0 Å². The Hall–Kier alpha value is -4.10. The highest BCUT2D eigenvalue weighted by Gasteiger charge is 2.59. The maximum absolute atomic E-state index is 13.9. The Labute approximate surface area is 266 Å². The molecule has 0 aliphatic carbocycles. The van der Waals surface area contributed by atoms with Crippen LogP contribution in [-0.4, -0.2) is 51.3 Å². The van der Waals surface area contributed by atoms with Gasteiger partial charge in [0.15, 0.2) is 5.60 Å². The van der Waals surface area contributed by atoms with Crippen molar-refractivity contribution in [3.8, 4) is 0 Å². The molecule has 0 amide bonds. The van der Waals surface area contributed by atoms with Gasteiger partial charge in [-0.1, -0.05) is 37.5 Å². The molecule has 5 heterocycles. The van der Waals surface area contributed by atoms with Crippen LogP contribution in [0, 0.1) is 0 Å². The van der Waals surface area contributed by atoms with Crippen LogP contribution in [0.3, 0.4) is 0 Å². The number of hydrogen-bond donors (Lipinski definition) is 1. The van der Waals surface area contributed by atoms with Gasteiger partial charge in [-0.15, -0.1) is 13.2 Å². The van der Waals surface area contributed by atoms with Crippen LogP contribution in [0.5, 0.6) is 0 Å². The topological polar surface area (TPSA) is 70.1 Å². The summed E-state index contributed by atoms with van der Waals surface area (Å²) in [5.41, 5.74) is 7.58. The minimum atomic E-state index is -2.29. The Morgan fingerprint density at radius 2 is 1.40 bits per heavy atom. The summed E-state index contributed by atoms with van der Waals surface area (Å²) < 4.78 is 6.74. The monoisotopic (exact) mass is 616 g/mol. The Bertz CT molecular complexity index is 1710. The largest absolute Gasteiger partial charge is 0.478 e. The van der Waals surface area contributed by atoms with E-state index in [1.807, 2.05) is 18.2 Å². The molecule has 5 aliphatic rings. The fourth-order valence-electron chi connectivity index (χ4n) is 9.27. The van der Waals surface area contributed by atoms with Gasteiger partial charge in [-0.25, -0.2) is 9.59 Å². The number of aryl methyl sites for hydroxylation is 2. The van der Waals surface area contributed by atoms with Gasteiger partial charge < -0.3 is 19.6 Å². The minimum absolute atomic E-state index is 0.105. The summed E-state index contributed by atoms with van der Waals surface area (Å²) in [6.07, 6.45) is 11.7. The molecule has 0 saturated carbocycles. The molecule has 1 N–H and O–H groups in total. The van der Waals surface area contributed by atoms with E-state index >= 15 is 0 Å². The molecule has 230 valence electrons. The molecule has 0 radical (unpaired) electrons. The Kier molecular flexibility index (Phi) is 6.61. The number of rotatable bonds is 5. The number of ether oxygens (including phenoxy) is 1. The summed E-state index contributed by atoms with van der Waals surface area (Å²) in [5.74, 6) is -1.49. The number of carbonyl (C=O) groups is 2. The first-order valence-electron chi connectivity index (χ1n) is 16.6. The molecule has 0 atom stereocenters. The SMILES string of the molecule is C=CCN1CCCc2cc3c(cc21)[Si]1(CCCCC1)c1cc2c(cc1C31OC(=O)c3cc(C(=O)O)ccc31)CCCN2CC=C. The van der Waals surface area contributed by atoms with E-state index < -0.39 is 25.6 Å². The number of carbonyl (C=O) groups excluding carboxylic acids is 1. The average Bonchev–Trinajstić information content (AvgIpc) is 3.36. The fourth-order valence-corrected chi connectivity index (χ4v) is 14.9. The predicted molar refractivity (Wildman–Crippen MR) is 182 cm³/mol. The number of carboxylic acids is 1. The van der Waals surface area contributed by atoms with Crippen molar-refractivity contribution in [2.24, 2.45) is 0 Å². The van der Waals surface area contributed by atoms with Gasteiger partial charge in [0, 0.05) is 54.2 Å². The number of anilines is 2. The van der Waals surface area contributed by atoms with Crippen molar-refractivity contribution >= 4 is 41.8 Å². The van der Waals surface area contributed by atoms with Crippen LogP contribution in [-0.2, 0) is 23.2 Å².